The number of aromatic nitrogens is 1. The zero-order chi connectivity index (χ0) is 20.1. The molecule has 7 heteroatoms. The van der Waals surface area contributed by atoms with Crippen LogP contribution >= 0.6 is 0 Å². The van der Waals surface area contributed by atoms with Crippen LogP contribution in [0.3, 0.4) is 0 Å². The van der Waals surface area contributed by atoms with Crippen LogP contribution < -0.4 is 5.48 Å². The van der Waals surface area contributed by atoms with Gasteiger partial charge in [0.15, 0.2) is 0 Å². The van der Waals surface area contributed by atoms with Crippen molar-refractivity contribution >= 4 is 22.8 Å². The topological polar surface area (TPSA) is 60.3 Å². The fourth-order valence-electron chi connectivity index (χ4n) is 2.94. The second kappa shape index (κ2) is 8.65. The Kier molecular flexibility index (Phi) is 6.03. The highest BCUT2D eigenvalue weighted by atomic mass is 19.1. The van der Waals surface area contributed by atoms with Gasteiger partial charge in [-0.3, -0.25) is 4.79 Å². The minimum atomic E-state index is -0.699. The first-order chi connectivity index (χ1) is 13.5. The lowest BCUT2D eigenvalue weighted by molar-refractivity contribution is -0.149. The molecule has 0 spiro atoms. The van der Waals surface area contributed by atoms with Crippen LogP contribution in [0.2, 0.25) is 0 Å². The normalized spacial score (nSPS) is 10.8. The van der Waals surface area contributed by atoms with Crippen LogP contribution in [0.4, 0.5) is 8.78 Å². The highest BCUT2D eigenvalue weighted by Crippen LogP contribution is 2.23. The number of rotatable bonds is 6. The smallest absolute Gasteiger partial charge is 0.332 e. The van der Waals surface area contributed by atoms with Gasteiger partial charge in [0.1, 0.15) is 17.3 Å². The molecule has 0 aliphatic carbocycles. The van der Waals surface area contributed by atoms with Crippen molar-refractivity contribution in [2.45, 2.75) is 32.7 Å². The Labute approximate surface area is 160 Å². The maximum atomic E-state index is 14.1. The number of nitrogens with one attached hydrogen (secondary N) is 1. The summed E-state index contributed by atoms with van der Waals surface area (Å²) in [6.45, 7) is 1.75. The summed E-state index contributed by atoms with van der Waals surface area (Å²) >= 11 is 0. The van der Waals surface area contributed by atoms with E-state index in [1.807, 2.05) is 6.92 Å². The number of benzene rings is 2. The van der Waals surface area contributed by atoms with Gasteiger partial charge in [-0.15, -0.1) is 0 Å². The number of carbonyl (C=O) groups is 2. The zero-order valence-electron chi connectivity index (χ0n) is 15.4. The molecular formula is C21H20F2N2O3. The van der Waals surface area contributed by atoms with E-state index < -0.39 is 23.5 Å². The fraction of sp³-hybridized carbons (Fsp3) is 0.238. The van der Waals surface area contributed by atoms with Crippen LogP contribution in [0.5, 0.6) is 0 Å². The van der Waals surface area contributed by atoms with Crippen molar-refractivity contribution in [3.8, 4) is 0 Å². The molecule has 5 nitrogen and oxygen atoms in total. The van der Waals surface area contributed by atoms with Crippen molar-refractivity contribution in [1.82, 2.24) is 10.0 Å². The fourth-order valence-corrected chi connectivity index (χ4v) is 2.94. The van der Waals surface area contributed by atoms with E-state index in [4.69, 9.17) is 4.84 Å². The molecule has 0 fully saturated rings. The third-order valence-corrected chi connectivity index (χ3v) is 4.41. The Morgan fingerprint density at radius 2 is 1.79 bits per heavy atom. The number of hydrogen-bond donors (Lipinski definition) is 1. The van der Waals surface area contributed by atoms with Gasteiger partial charge in [-0.1, -0.05) is 37.6 Å². The summed E-state index contributed by atoms with van der Waals surface area (Å²) in [5.74, 6) is -2.61. The average molecular weight is 386 g/mol. The Balaban J connectivity index is 1.91. The Hall–Kier alpha value is -3.22. The lowest BCUT2D eigenvalue weighted by Gasteiger charge is -2.12. The Bertz CT molecular complexity index is 994. The number of para-hydroxylation sites is 1. The first-order valence-electron chi connectivity index (χ1n) is 9.02. The minimum Gasteiger partial charge on any atom is -0.340 e. The van der Waals surface area contributed by atoms with Gasteiger partial charge in [-0.2, -0.15) is 5.48 Å². The highest BCUT2D eigenvalue weighted by molar-refractivity contribution is 5.98. The molecule has 0 saturated carbocycles. The average Bonchev–Trinajstić information content (AvgIpc) is 3.06. The molecular weight excluding hydrogens is 366 g/mol. The molecule has 0 bridgehead atoms. The van der Waals surface area contributed by atoms with E-state index in [2.05, 4.69) is 5.48 Å². The molecule has 0 saturated heterocycles. The summed E-state index contributed by atoms with van der Waals surface area (Å²) in [5, 5.41) is 0.724. The number of amides is 1. The van der Waals surface area contributed by atoms with Gasteiger partial charge in [0.05, 0.1) is 6.54 Å². The quantitative estimate of drug-likeness (QED) is 0.641. The lowest BCUT2D eigenvalue weighted by atomic mass is 10.2. The van der Waals surface area contributed by atoms with Crippen molar-refractivity contribution in [3.63, 3.8) is 0 Å². The zero-order valence-corrected chi connectivity index (χ0v) is 15.4. The largest absolute Gasteiger partial charge is 0.340 e. The van der Waals surface area contributed by atoms with Gasteiger partial charge in [-0.25, -0.2) is 13.6 Å². The van der Waals surface area contributed by atoms with E-state index in [1.54, 1.807) is 30.3 Å². The van der Waals surface area contributed by atoms with Gasteiger partial charge >= 0.3 is 11.9 Å². The van der Waals surface area contributed by atoms with Gasteiger partial charge in [0, 0.05) is 22.9 Å². The summed E-state index contributed by atoms with van der Waals surface area (Å²) in [6.07, 6.45) is 1.67. The molecule has 1 N–H and O–H groups in total. The van der Waals surface area contributed by atoms with Crippen molar-refractivity contribution in [2.75, 3.05) is 0 Å². The SMILES string of the molecule is CCCCC(=O)ONC(=O)c1cc2ccccc2n1Cc1c(F)cccc1F. The molecule has 1 heterocycles. The number of unbranched alkanes of at least 4 members (excludes halogenated alkanes) is 1. The molecule has 2 aromatic carbocycles. The molecule has 28 heavy (non-hydrogen) atoms. The Morgan fingerprint density at radius 1 is 1.07 bits per heavy atom. The maximum Gasteiger partial charge on any atom is 0.332 e. The van der Waals surface area contributed by atoms with Crippen LogP contribution in [-0.4, -0.2) is 16.4 Å². The van der Waals surface area contributed by atoms with E-state index in [-0.39, 0.29) is 24.2 Å². The van der Waals surface area contributed by atoms with Crippen LogP contribution in [-0.2, 0) is 16.2 Å². The summed E-state index contributed by atoms with van der Waals surface area (Å²) in [6, 6.07) is 12.3. The number of hydroxylamine groups is 1. The molecule has 3 rings (SSSR count). The molecule has 1 aromatic heterocycles. The molecule has 146 valence electrons. The summed E-state index contributed by atoms with van der Waals surface area (Å²) in [4.78, 5) is 29.0. The first kappa shape index (κ1) is 19.5. The van der Waals surface area contributed by atoms with Gasteiger partial charge in [-0.05, 0) is 30.7 Å². The standard InChI is InChI=1S/C21H20F2N2O3/c1-2-3-11-20(26)28-24-21(27)19-12-14-7-4-5-10-18(14)25(19)13-15-16(22)8-6-9-17(15)23/h4-10,12H,2-3,11,13H2,1H3,(H,24,27). The minimum absolute atomic E-state index is 0.132. The number of hydrogen-bond acceptors (Lipinski definition) is 3. The first-order valence-corrected chi connectivity index (χ1v) is 9.02. The number of fused-ring (bicyclic) bond motifs is 1. The molecule has 0 unspecified atom stereocenters. The van der Waals surface area contributed by atoms with E-state index in [0.29, 0.717) is 11.9 Å². The predicted molar refractivity (Wildman–Crippen MR) is 100 cm³/mol. The second-order valence-corrected chi connectivity index (χ2v) is 6.38. The number of halogens is 2. The van der Waals surface area contributed by atoms with Crippen LogP contribution in [0.1, 0.15) is 42.2 Å². The van der Waals surface area contributed by atoms with Gasteiger partial charge in [0.2, 0.25) is 0 Å². The van der Waals surface area contributed by atoms with Crippen molar-refractivity contribution < 1.29 is 23.2 Å². The predicted octanol–water partition coefficient (Wildman–Crippen LogP) is 4.35. The van der Waals surface area contributed by atoms with E-state index in [1.165, 1.54) is 22.8 Å². The highest BCUT2D eigenvalue weighted by Gasteiger charge is 2.19. The maximum absolute atomic E-state index is 14.1. The van der Waals surface area contributed by atoms with Crippen molar-refractivity contribution in [3.05, 3.63) is 71.4 Å². The van der Waals surface area contributed by atoms with Crippen molar-refractivity contribution in [1.29, 1.82) is 0 Å². The van der Waals surface area contributed by atoms with Crippen LogP contribution in [0, 0.1) is 11.6 Å². The third kappa shape index (κ3) is 4.19. The molecule has 0 radical (unpaired) electrons. The summed E-state index contributed by atoms with van der Waals surface area (Å²) < 4.78 is 29.7. The molecule has 0 aliphatic rings. The monoisotopic (exact) mass is 386 g/mol. The number of carbonyl (C=O) groups excluding carboxylic acids is 2. The molecule has 0 aliphatic heterocycles. The summed E-state index contributed by atoms with van der Waals surface area (Å²) in [7, 11) is 0. The van der Waals surface area contributed by atoms with E-state index in [0.717, 1.165) is 11.8 Å². The number of nitrogens with zero attached hydrogens (tertiary/aromatic N) is 1. The summed E-state index contributed by atoms with van der Waals surface area (Å²) in [5.41, 5.74) is 2.74. The second-order valence-electron chi connectivity index (χ2n) is 6.38. The van der Waals surface area contributed by atoms with Crippen LogP contribution in [0.15, 0.2) is 48.5 Å². The lowest BCUT2D eigenvalue weighted by Crippen LogP contribution is -2.29. The van der Waals surface area contributed by atoms with Crippen LogP contribution in [0.25, 0.3) is 10.9 Å². The van der Waals surface area contributed by atoms with E-state index in [9.17, 15) is 18.4 Å². The van der Waals surface area contributed by atoms with Crippen molar-refractivity contribution in [2.24, 2.45) is 0 Å². The van der Waals surface area contributed by atoms with E-state index >= 15 is 0 Å². The van der Waals surface area contributed by atoms with Gasteiger partial charge in [0.25, 0.3) is 0 Å². The molecule has 1 amide bonds. The molecule has 0 atom stereocenters. The Morgan fingerprint density at radius 3 is 2.50 bits per heavy atom. The van der Waals surface area contributed by atoms with Gasteiger partial charge < -0.3 is 9.40 Å². The molecule has 3 aromatic rings. The third-order valence-electron chi connectivity index (χ3n) is 4.41.